The second-order valence-corrected chi connectivity index (χ2v) is 6.60. The summed E-state index contributed by atoms with van der Waals surface area (Å²) in [6, 6.07) is 1.27. The first-order valence-electron chi connectivity index (χ1n) is 5.51. The van der Waals surface area contributed by atoms with Crippen molar-refractivity contribution in [2.24, 2.45) is 0 Å². The van der Waals surface area contributed by atoms with Crippen molar-refractivity contribution in [2.75, 3.05) is 0 Å². The van der Waals surface area contributed by atoms with Crippen LogP contribution in [0.25, 0.3) is 0 Å². The fourth-order valence-corrected chi connectivity index (χ4v) is 3.97. The lowest BCUT2D eigenvalue weighted by molar-refractivity contribution is 0.0696. The smallest absolute Gasteiger partial charge is 0.338 e. The number of carboxylic acid groups (broad SMARTS) is 1. The summed E-state index contributed by atoms with van der Waals surface area (Å²) in [6.07, 6.45) is 4.37. The number of aromatic carboxylic acids is 1. The Labute approximate surface area is 99.4 Å². The molecule has 0 bridgehead atoms. The van der Waals surface area contributed by atoms with Gasteiger partial charge in [-0.1, -0.05) is 12.8 Å². The van der Waals surface area contributed by atoms with Gasteiger partial charge < -0.3 is 9.52 Å². The van der Waals surface area contributed by atoms with Crippen molar-refractivity contribution < 1.29 is 22.7 Å². The molecule has 1 N–H and O–H groups in total. The molecule has 94 valence electrons. The third kappa shape index (κ3) is 2.69. The van der Waals surface area contributed by atoms with Gasteiger partial charge >= 0.3 is 5.97 Å². The molecule has 1 aromatic rings. The molecule has 0 saturated heterocycles. The molecule has 17 heavy (non-hydrogen) atoms. The summed E-state index contributed by atoms with van der Waals surface area (Å²) in [5.41, 5.74) is -0.0124. The minimum absolute atomic E-state index is 0.0124. The molecule has 0 aliphatic heterocycles. The molecule has 0 spiro atoms. The quantitative estimate of drug-likeness (QED) is 0.890. The van der Waals surface area contributed by atoms with Crippen LogP contribution in [0.5, 0.6) is 0 Å². The SMILES string of the molecule is O=C(O)c1coc(CS(=O)(=O)C2CCCC2)c1. The van der Waals surface area contributed by atoms with Crippen LogP contribution in [0.3, 0.4) is 0 Å². The van der Waals surface area contributed by atoms with E-state index in [1.54, 1.807) is 0 Å². The Morgan fingerprint density at radius 1 is 1.41 bits per heavy atom. The molecule has 0 atom stereocenters. The maximum absolute atomic E-state index is 12.0. The zero-order valence-electron chi connectivity index (χ0n) is 9.26. The van der Waals surface area contributed by atoms with E-state index in [0.29, 0.717) is 12.8 Å². The largest absolute Gasteiger partial charge is 0.478 e. The van der Waals surface area contributed by atoms with Crippen molar-refractivity contribution in [2.45, 2.75) is 36.7 Å². The van der Waals surface area contributed by atoms with Crippen LogP contribution in [-0.2, 0) is 15.6 Å². The van der Waals surface area contributed by atoms with Crippen molar-refractivity contribution in [3.63, 3.8) is 0 Å². The summed E-state index contributed by atoms with van der Waals surface area (Å²) in [5, 5.41) is 8.41. The van der Waals surface area contributed by atoms with Gasteiger partial charge in [-0.05, 0) is 18.9 Å². The predicted octanol–water partition coefficient (Wildman–Crippen LogP) is 1.84. The fraction of sp³-hybridized carbons (Fsp3) is 0.545. The molecule has 0 aromatic carbocycles. The van der Waals surface area contributed by atoms with Gasteiger partial charge in [0.25, 0.3) is 0 Å². The van der Waals surface area contributed by atoms with E-state index in [-0.39, 0.29) is 22.3 Å². The van der Waals surface area contributed by atoms with Crippen molar-refractivity contribution in [3.8, 4) is 0 Å². The zero-order valence-corrected chi connectivity index (χ0v) is 10.1. The second kappa shape index (κ2) is 4.52. The summed E-state index contributed by atoms with van der Waals surface area (Å²) < 4.78 is 28.9. The highest BCUT2D eigenvalue weighted by Crippen LogP contribution is 2.27. The van der Waals surface area contributed by atoms with Crippen LogP contribution in [0.1, 0.15) is 41.8 Å². The number of furan rings is 1. The van der Waals surface area contributed by atoms with E-state index in [2.05, 4.69) is 0 Å². The summed E-state index contributed by atoms with van der Waals surface area (Å²) in [7, 11) is -3.21. The van der Waals surface area contributed by atoms with Crippen LogP contribution >= 0.6 is 0 Å². The molecule has 5 nitrogen and oxygen atoms in total. The van der Waals surface area contributed by atoms with E-state index in [4.69, 9.17) is 9.52 Å². The lowest BCUT2D eigenvalue weighted by atomic mass is 10.3. The van der Waals surface area contributed by atoms with Crippen molar-refractivity contribution in [1.82, 2.24) is 0 Å². The van der Waals surface area contributed by atoms with Crippen molar-refractivity contribution in [1.29, 1.82) is 0 Å². The van der Waals surface area contributed by atoms with E-state index in [1.807, 2.05) is 0 Å². The topological polar surface area (TPSA) is 84.6 Å². The van der Waals surface area contributed by atoms with Crippen LogP contribution < -0.4 is 0 Å². The minimum atomic E-state index is -3.21. The molecule has 1 saturated carbocycles. The zero-order chi connectivity index (χ0) is 12.5. The highest BCUT2D eigenvalue weighted by atomic mass is 32.2. The van der Waals surface area contributed by atoms with E-state index in [9.17, 15) is 13.2 Å². The number of carbonyl (C=O) groups is 1. The first-order chi connectivity index (χ1) is 7.99. The van der Waals surface area contributed by atoms with E-state index in [0.717, 1.165) is 19.1 Å². The van der Waals surface area contributed by atoms with Gasteiger partial charge in [-0.3, -0.25) is 0 Å². The molecule has 1 aromatic heterocycles. The lowest BCUT2D eigenvalue weighted by Crippen LogP contribution is -2.19. The monoisotopic (exact) mass is 258 g/mol. The van der Waals surface area contributed by atoms with Gasteiger partial charge in [-0.25, -0.2) is 13.2 Å². The Bertz CT molecular complexity index is 508. The molecule has 0 unspecified atom stereocenters. The Morgan fingerprint density at radius 3 is 2.59 bits per heavy atom. The number of hydrogen-bond donors (Lipinski definition) is 1. The third-order valence-corrected chi connectivity index (χ3v) is 5.23. The van der Waals surface area contributed by atoms with Gasteiger partial charge in [0.2, 0.25) is 0 Å². The van der Waals surface area contributed by atoms with Crippen LogP contribution in [0.15, 0.2) is 16.7 Å². The fourth-order valence-electron chi connectivity index (χ4n) is 2.13. The average molecular weight is 258 g/mol. The van der Waals surface area contributed by atoms with Crippen molar-refractivity contribution >= 4 is 15.8 Å². The van der Waals surface area contributed by atoms with Gasteiger partial charge in [0.15, 0.2) is 9.84 Å². The maximum Gasteiger partial charge on any atom is 0.338 e. The van der Waals surface area contributed by atoms with Gasteiger partial charge in [0.1, 0.15) is 17.8 Å². The molecule has 1 heterocycles. The van der Waals surface area contributed by atoms with E-state index < -0.39 is 15.8 Å². The summed E-state index contributed by atoms with van der Waals surface area (Å²) >= 11 is 0. The Morgan fingerprint density at radius 2 is 2.06 bits per heavy atom. The normalized spacial score (nSPS) is 17.4. The Balaban J connectivity index is 2.11. The number of hydrogen-bond acceptors (Lipinski definition) is 4. The lowest BCUT2D eigenvalue weighted by Gasteiger charge is -2.08. The second-order valence-electron chi connectivity index (χ2n) is 4.32. The highest BCUT2D eigenvalue weighted by molar-refractivity contribution is 7.91. The molecule has 0 radical (unpaired) electrons. The first kappa shape index (κ1) is 12.2. The average Bonchev–Trinajstić information content (AvgIpc) is 2.85. The summed E-state index contributed by atoms with van der Waals surface area (Å²) in [5.74, 6) is -1.11. The molecule has 6 heteroatoms. The number of sulfone groups is 1. The number of carboxylic acids is 1. The van der Waals surface area contributed by atoms with Crippen LogP contribution in [0, 0.1) is 0 Å². The number of rotatable bonds is 4. The molecular formula is C11H14O5S. The molecule has 2 rings (SSSR count). The van der Waals surface area contributed by atoms with Gasteiger partial charge in [0, 0.05) is 0 Å². The van der Waals surface area contributed by atoms with Gasteiger partial charge in [-0.2, -0.15) is 0 Å². The predicted molar refractivity (Wildman–Crippen MR) is 60.5 cm³/mol. The van der Waals surface area contributed by atoms with Crippen LogP contribution in [-0.4, -0.2) is 24.7 Å². The van der Waals surface area contributed by atoms with Crippen LogP contribution in [0.4, 0.5) is 0 Å². The van der Waals surface area contributed by atoms with E-state index in [1.165, 1.54) is 6.07 Å². The van der Waals surface area contributed by atoms with Crippen LogP contribution in [0.2, 0.25) is 0 Å². The molecule has 1 aliphatic carbocycles. The van der Waals surface area contributed by atoms with Gasteiger partial charge in [-0.15, -0.1) is 0 Å². The molecular weight excluding hydrogens is 244 g/mol. The first-order valence-corrected chi connectivity index (χ1v) is 7.23. The maximum atomic E-state index is 12.0. The molecule has 1 aliphatic rings. The van der Waals surface area contributed by atoms with E-state index >= 15 is 0 Å². The summed E-state index contributed by atoms with van der Waals surface area (Å²) in [6.45, 7) is 0. The standard InChI is InChI=1S/C11H14O5S/c12-11(13)8-5-9(16-6-8)7-17(14,15)10-3-1-2-4-10/h5-6,10H,1-4,7H2,(H,12,13). The van der Waals surface area contributed by atoms with Crippen molar-refractivity contribution in [3.05, 3.63) is 23.7 Å². The highest BCUT2D eigenvalue weighted by Gasteiger charge is 2.29. The van der Waals surface area contributed by atoms with Gasteiger partial charge in [0.05, 0.1) is 10.8 Å². The Hall–Kier alpha value is -1.30. The Kier molecular flexibility index (Phi) is 3.24. The molecule has 0 amide bonds. The molecule has 1 fully saturated rings. The summed E-state index contributed by atoms with van der Waals surface area (Å²) in [4.78, 5) is 10.6. The minimum Gasteiger partial charge on any atom is -0.478 e. The third-order valence-electron chi connectivity index (χ3n) is 3.05.